The largest absolute Gasteiger partial charge is 0.389 e. The van der Waals surface area contributed by atoms with E-state index in [-0.39, 0.29) is 10.8 Å². The van der Waals surface area contributed by atoms with Gasteiger partial charge in [0.05, 0.1) is 0 Å². The van der Waals surface area contributed by atoms with Crippen molar-refractivity contribution < 1.29 is 4.39 Å². The topological polar surface area (TPSA) is 29.3 Å². The van der Waals surface area contributed by atoms with Crippen LogP contribution in [0.1, 0.15) is 24.5 Å². The summed E-state index contributed by atoms with van der Waals surface area (Å²) in [5.74, 6) is 0.441. The SMILES string of the molecule is CC1CCN(Cc2cccc(C(N)=S)c2F)C1. The maximum Gasteiger partial charge on any atom is 0.137 e. The van der Waals surface area contributed by atoms with Gasteiger partial charge in [-0.1, -0.05) is 31.3 Å². The first-order valence-electron chi connectivity index (χ1n) is 5.87. The fourth-order valence-corrected chi connectivity index (χ4v) is 2.46. The zero-order valence-electron chi connectivity index (χ0n) is 9.95. The lowest BCUT2D eigenvalue weighted by Gasteiger charge is -2.16. The fraction of sp³-hybridized carbons (Fsp3) is 0.462. The summed E-state index contributed by atoms with van der Waals surface area (Å²) in [6.07, 6.45) is 1.19. The summed E-state index contributed by atoms with van der Waals surface area (Å²) in [6, 6.07) is 5.25. The summed E-state index contributed by atoms with van der Waals surface area (Å²) in [5, 5.41) is 0. The molecule has 1 aliphatic rings. The monoisotopic (exact) mass is 252 g/mol. The van der Waals surface area contributed by atoms with Crippen LogP contribution in [0.3, 0.4) is 0 Å². The van der Waals surface area contributed by atoms with Crippen LogP contribution in [-0.2, 0) is 6.54 Å². The molecule has 1 fully saturated rings. The third kappa shape index (κ3) is 2.82. The number of hydrogen-bond donors (Lipinski definition) is 1. The summed E-state index contributed by atoms with van der Waals surface area (Å²) in [6.45, 7) is 4.95. The van der Waals surface area contributed by atoms with E-state index in [0.29, 0.717) is 23.6 Å². The van der Waals surface area contributed by atoms with E-state index in [1.165, 1.54) is 6.42 Å². The zero-order chi connectivity index (χ0) is 12.4. The molecule has 1 unspecified atom stereocenters. The van der Waals surface area contributed by atoms with E-state index in [1.807, 2.05) is 6.07 Å². The molecule has 2 N–H and O–H groups in total. The van der Waals surface area contributed by atoms with Gasteiger partial charge < -0.3 is 5.73 Å². The van der Waals surface area contributed by atoms with Crippen LogP contribution in [0.2, 0.25) is 0 Å². The molecule has 2 nitrogen and oxygen atoms in total. The van der Waals surface area contributed by atoms with Crippen LogP contribution in [0.5, 0.6) is 0 Å². The molecular weight excluding hydrogens is 235 g/mol. The van der Waals surface area contributed by atoms with Crippen molar-refractivity contribution in [3.8, 4) is 0 Å². The minimum Gasteiger partial charge on any atom is -0.389 e. The average Bonchev–Trinajstić information content (AvgIpc) is 2.67. The highest BCUT2D eigenvalue weighted by atomic mass is 32.1. The van der Waals surface area contributed by atoms with Gasteiger partial charge in [0.2, 0.25) is 0 Å². The standard InChI is InChI=1S/C13H17FN2S/c1-9-5-6-16(7-9)8-10-3-2-4-11(12(10)14)13(15)17/h2-4,9H,5-8H2,1H3,(H2,15,17). The van der Waals surface area contributed by atoms with Gasteiger partial charge in [0, 0.05) is 24.2 Å². The first-order chi connectivity index (χ1) is 8.08. The van der Waals surface area contributed by atoms with E-state index in [9.17, 15) is 4.39 Å². The van der Waals surface area contributed by atoms with Crippen LogP contribution in [0.4, 0.5) is 4.39 Å². The van der Waals surface area contributed by atoms with Crippen LogP contribution in [0, 0.1) is 11.7 Å². The second kappa shape index (κ2) is 5.10. The molecule has 1 aliphatic heterocycles. The van der Waals surface area contributed by atoms with E-state index in [2.05, 4.69) is 11.8 Å². The van der Waals surface area contributed by atoms with Gasteiger partial charge in [-0.15, -0.1) is 0 Å². The fourth-order valence-electron chi connectivity index (χ4n) is 2.30. The highest BCUT2D eigenvalue weighted by Gasteiger charge is 2.20. The highest BCUT2D eigenvalue weighted by molar-refractivity contribution is 7.80. The number of thiocarbonyl (C=S) groups is 1. The van der Waals surface area contributed by atoms with Crippen molar-refractivity contribution in [2.45, 2.75) is 19.9 Å². The Morgan fingerprint density at radius 2 is 2.35 bits per heavy atom. The molecular formula is C13H17FN2S. The lowest BCUT2D eigenvalue weighted by molar-refractivity contribution is 0.315. The molecule has 17 heavy (non-hydrogen) atoms. The van der Waals surface area contributed by atoms with Gasteiger partial charge in [-0.3, -0.25) is 4.90 Å². The van der Waals surface area contributed by atoms with Gasteiger partial charge in [0.15, 0.2) is 0 Å². The molecule has 1 saturated heterocycles. The third-order valence-corrected chi connectivity index (χ3v) is 3.47. The zero-order valence-corrected chi connectivity index (χ0v) is 10.8. The summed E-state index contributed by atoms with van der Waals surface area (Å²) >= 11 is 4.83. The highest BCUT2D eigenvalue weighted by Crippen LogP contribution is 2.20. The van der Waals surface area contributed by atoms with Gasteiger partial charge in [-0.25, -0.2) is 4.39 Å². The maximum absolute atomic E-state index is 14.1. The van der Waals surface area contributed by atoms with Crippen LogP contribution in [0.15, 0.2) is 18.2 Å². The van der Waals surface area contributed by atoms with Crippen molar-refractivity contribution in [1.29, 1.82) is 0 Å². The van der Waals surface area contributed by atoms with Crippen molar-refractivity contribution in [2.24, 2.45) is 11.7 Å². The molecule has 1 aromatic carbocycles. The van der Waals surface area contributed by atoms with Crippen molar-refractivity contribution in [2.75, 3.05) is 13.1 Å². The van der Waals surface area contributed by atoms with Crippen molar-refractivity contribution >= 4 is 17.2 Å². The molecule has 92 valence electrons. The summed E-state index contributed by atoms with van der Waals surface area (Å²) in [5.41, 5.74) is 6.53. The van der Waals surface area contributed by atoms with Crippen LogP contribution < -0.4 is 5.73 Å². The van der Waals surface area contributed by atoms with Crippen molar-refractivity contribution in [1.82, 2.24) is 4.90 Å². The Morgan fingerprint density at radius 1 is 1.59 bits per heavy atom. The molecule has 0 aliphatic carbocycles. The molecule has 1 atom stereocenters. The molecule has 2 rings (SSSR count). The smallest absolute Gasteiger partial charge is 0.137 e. The first-order valence-corrected chi connectivity index (χ1v) is 6.28. The number of nitrogens with two attached hydrogens (primary N) is 1. The Kier molecular flexibility index (Phi) is 3.74. The second-order valence-corrected chi connectivity index (χ2v) is 5.21. The number of benzene rings is 1. The molecule has 0 aromatic heterocycles. The van der Waals surface area contributed by atoms with E-state index < -0.39 is 0 Å². The Hall–Kier alpha value is -1.00. The van der Waals surface area contributed by atoms with Crippen LogP contribution in [0.25, 0.3) is 0 Å². The van der Waals surface area contributed by atoms with Gasteiger partial charge in [-0.05, 0) is 24.9 Å². The molecule has 0 bridgehead atoms. The summed E-state index contributed by atoms with van der Waals surface area (Å²) in [4.78, 5) is 2.39. The molecule has 1 aromatic rings. The molecule has 0 saturated carbocycles. The first kappa shape index (κ1) is 12.5. The average molecular weight is 252 g/mol. The minimum absolute atomic E-state index is 0.124. The minimum atomic E-state index is -0.264. The predicted octanol–water partition coefficient (Wildman–Crippen LogP) is 2.30. The number of halogens is 1. The lowest BCUT2D eigenvalue weighted by Crippen LogP contribution is -2.21. The number of rotatable bonds is 3. The molecule has 4 heteroatoms. The van der Waals surface area contributed by atoms with Crippen molar-refractivity contribution in [3.05, 3.63) is 35.1 Å². The Morgan fingerprint density at radius 3 is 2.94 bits per heavy atom. The summed E-state index contributed by atoms with van der Waals surface area (Å²) in [7, 11) is 0. The Balaban J connectivity index is 2.16. The van der Waals surface area contributed by atoms with E-state index in [0.717, 1.165) is 13.1 Å². The Labute approximate surface area is 107 Å². The third-order valence-electron chi connectivity index (χ3n) is 3.25. The molecule has 0 spiro atoms. The summed E-state index contributed by atoms with van der Waals surface area (Å²) < 4.78 is 14.1. The quantitative estimate of drug-likeness (QED) is 0.837. The normalized spacial score (nSPS) is 20.7. The van der Waals surface area contributed by atoms with Crippen LogP contribution >= 0.6 is 12.2 Å². The molecule has 0 radical (unpaired) electrons. The van der Waals surface area contributed by atoms with E-state index in [4.69, 9.17) is 18.0 Å². The van der Waals surface area contributed by atoms with Gasteiger partial charge in [0.1, 0.15) is 10.8 Å². The number of hydrogen-bond acceptors (Lipinski definition) is 2. The Bertz CT molecular complexity index is 433. The lowest BCUT2D eigenvalue weighted by atomic mass is 10.1. The second-order valence-electron chi connectivity index (χ2n) is 4.77. The van der Waals surface area contributed by atoms with E-state index in [1.54, 1.807) is 12.1 Å². The number of likely N-dealkylation sites (tertiary alicyclic amines) is 1. The predicted molar refractivity (Wildman–Crippen MR) is 71.3 cm³/mol. The number of nitrogens with zero attached hydrogens (tertiary/aromatic N) is 1. The molecule has 0 amide bonds. The maximum atomic E-state index is 14.1. The van der Waals surface area contributed by atoms with Crippen molar-refractivity contribution in [3.63, 3.8) is 0 Å². The van der Waals surface area contributed by atoms with Gasteiger partial charge in [0.25, 0.3) is 0 Å². The van der Waals surface area contributed by atoms with Gasteiger partial charge >= 0.3 is 0 Å². The van der Waals surface area contributed by atoms with Gasteiger partial charge in [-0.2, -0.15) is 0 Å². The van der Waals surface area contributed by atoms with E-state index >= 15 is 0 Å². The molecule has 1 heterocycles. The van der Waals surface area contributed by atoms with Crippen LogP contribution in [-0.4, -0.2) is 23.0 Å².